The number of benzene rings is 3. The molecule has 0 saturated carbocycles. The molecule has 5 aromatic carbocycles. The molecule has 44 heavy (non-hydrogen) atoms. The monoisotopic (exact) mass is 642 g/mol. The van der Waals surface area contributed by atoms with Gasteiger partial charge in [-0.1, -0.05) is 97.1 Å². The molecule has 0 saturated heterocycles. The van der Waals surface area contributed by atoms with E-state index in [0.717, 1.165) is 16.7 Å². The number of rotatable bonds is 9. The van der Waals surface area contributed by atoms with Crippen LogP contribution in [0, 0.1) is 0 Å². The molecule has 0 aliphatic rings. The first kappa shape index (κ1) is 32.6. The Morgan fingerprint density at radius 1 is 0.386 bits per heavy atom. The first-order valence-corrected chi connectivity index (χ1v) is 16.4. The van der Waals surface area contributed by atoms with Gasteiger partial charge in [0.15, 0.2) is 11.5 Å². The summed E-state index contributed by atoms with van der Waals surface area (Å²) in [6.45, 7) is 0. The molecule has 0 aliphatic heterocycles. The van der Waals surface area contributed by atoms with Gasteiger partial charge < -0.3 is 20.4 Å². The smallest absolute Gasteiger partial charge is 0.237 e. The van der Waals surface area contributed by atoms with Gasteiger partial charge in [-0.05, 0) is 41.0 Å². The highest BCUT2D eigenvalue weighted by molar-refractivity contribution is 7.99. The standard InChI is InChI=1S/C21H18O3S2.C14H12O3S/c22-19-17(25-13-15-7-3-1-4-8-15)11-12-18(20(23)21(19)24)26-14-16-9-5-2-6-10-16;15-11-7-4-8-12(14(17)13(11)16)18-9-10-5-2-1-3-6-10/h1-12H,13-14H2,(H2,22,23,24);1-8H,9H2,(H2,15,16,17). The van der Waals surface area contributed by atoms with Crippen molar-refractivity contribution in [3.05, 3.63) is 158 Å². The van der Waals surface area contributed by atoms with Crippen LogP contribution in [0.25, 0.3) is 0 Å². The molecule has 0 amide bonds. The maximum Gasteiger partial charge on any atom is 0.237 e. The van der Waals surface area contributed by atoms with Crippen molar-refractivity contribution in [1.29, 1.82) is 0 Å². The van der Waals surface area contributed by atoms with Gasteiger partial charge >= 0.3 is 0 Å². The molecule has 0 spiro atoms. The van der Waals surface area contributed by atoms with Gasteiger partial charge in [0.05, 0.1) is 14.7 Å². The van der Waals surface area contributed by atoms with Crippen molar-refractivity contribution >= 4 is 35.3 Å². The third-order valence-electron chi connectivity index (χ3n) is 6.18. The Kier molecular flexibility index (Phi) is 12.2. The summed E-state index contributed by atoms with van der Waals surface area (Å²) in [6, 6.07) is 37.1. The average Bonchev–Trinajstić information content (AvgIpc) is 3.25. The Morgan fingerprint density at radius 3 is 1.25 bits per heavy atom. The molecule has 6 nitrogen and oxygen atoms in total. The maximum atomic E-state index is 12.4. The van der Waals surface area contributed by atoms with Crippen LogP contribution < -0.4 is 10.9 Å². The van der Waals surface area contributed by atoms with Gasteiger partial charge in [0.2, 0.25) is 22.4 Å². The third-order valence-corrected chi connectivity index (χ3v) is 9.53. The van der Waals surface area contributed by atoms with E-state index < -0.39 is 22.4 Å². The second-order valence-electron chi connectivity index (χ2n) is 9.36. The molecule has 5 rings (SSSR count). The van der Waals surface area contributed by atoms with Crippen molar-refractivity contribution in [2.75, 3.05) is 0 Å². The summed E-state index contributed by atoms with van der Waals surface area (Å²) in [6.07, 6.45) is 0. The van der Waals surface area contributed by atoms with Crippen molar-refractivity contribution in [1.82, 2.24) is 0 Å². The summed E-state index contributed by atoms with van der Waals surface area (Å²) >= 11 is 4.10. The summed E-state index contributed by atoms with van der Waals surface area (Å²) < 4.78 is 0. The van der Waals surface area contributed by atoms with E-state index >= 15 is 0 Å². The summed E-state index contributed by atoms with van der Waals surface area (Å²) in [7, 11) is 0. The topological polar surface area (TPSA) is 115 Å². The van der Waals surface area contributed by atoms with Crippen molar-refractivity contribution in [3.63, 3.8) is 0 Å². The second-order valence-corrected chi connectivity index (χ2v) is 12.4. The lowest BCUT2D eigenvalue weighted by Crippen LogP contribution is -1.99. The Bertz CT molecular complexity index is 1790. The minimum atomic E-state index is -0.601. The number of hydrogen-bond acceptors (Lipinski definition) is 9. The molecule has 0 aliphatic carbocycles. The van der Waals surface area contributed by atoms with Crippen molar-refractivity contribution in [2.24, 2.45) is 0 Å². The SMILES string of the molecule is O=c1c(SCc2ccccc2)ccc(SCc2ccccc2)c(O)c1O.O=c1cccc(SCc2ccccc2)c(O)c1O. The van der Waals surface area contributed by atoms with E-state index in [0.29, 0.717) is 31.9 Å². The lowest BCUT2D eigenvalue weighted by Gasteiger charge is -2.02. The highest BCUT2D eigenvalue weighted by Gasteiger charge is 2.13. The molecule has 0 atom stereocenters. The summed E-state index contributed by atoms with van der Waals surface area (Å²) in [5.74, 6) is 0.00212. The van der Waals surface area contributed by atoms with E-state index in [-0.39, 0.29) is 11.5 Å². The van der Waals surface area contributed by atoms with Crippen LogP contribution in [0.3, 0.4) is 0 Å². The summed E-state index contributed by atoms with van der Waals surface area (Å²) in [4.78, 5) is 25.0. The van der Waals surface area contributed by atoms with Crippen LogP contribution in [0.1, 0.15) is 16.7 Å². The lowest BCUT2D eigenvalue weighted by atomic mass is 10.2. The molecule has 0 aromatic heterocycles. The highest BCUT2D eigenvalue weighted by atomic mass is 32.2. The van der Waals surface area contributed by atoms with Crippen LogP contribution in [-0.4, -0.2) is 20.4 Å². The zero-order valence-corrected chi connectivity index (χ0v) is 25.9. The fraction of sp³-hybridized carbons (Fsp3) is 0.0857. The largest absolute Gasteiger partial charge is 0.503 e. The van der Waals surface area contributed by atoms with E-state index in [2.05, 4.69) is 0 Å². The highest BCUT2D eigenvalue weighted by Crippen LogP contribution is 2.36. The predicted octanol–water partition coefficient (Wildman–Crippen LogP) is 7.79. The van der Waals surface area contributed by atoms with Crippen molar-refractivity contribution < 1.29 is 20.4 Å². The Morgan fingerprint density at radius 2 is 0.773 bits per heavy atom. The fourth-order valence-electron chi connectivity index (χ4n) is 3.81. The van der Waals surface area contributed by atoms with Gasteiger partial charge in [-0.15, -0.1) is 35.3 Å². The van der Waals surface area contributed by atoms with E-state index in [9.17, 15) is 30.0 Å². The third kappa shape index (κ3) is 9.34. The lowest BCUT2D eigenvalue weighted by molar-refractivity contribution is 0.393. The molecule has 4 N–H and O–H groups in total. The van der Waals surface area contributed by atoms with Gasteiger partial charge in [-0.3, -0.25) is 9.59 Å². The van der Waals surface area contributed by atoms with Crippen molar-refractivity contribution in [3.8, 4) is 23.0 Å². The minimum Gasteiger partial charge on any atom is -0.503 e. The van der Waals surface area contributed by atoms with Crippen LogP contribution in [0.4, 0.5) is 0 Å². The Labute approximate surface area is 268 Å². The molecule has 0 radical (unpaired) electrons. The Balaban J connectivity index is 0.000000215. The molecular weight excluding hydrogens is 613 g/mol. The predicted molar refractivity (Wildman–Crippen MR) is 180 cm³/mol. The maximum absolute atomic E-state index is 12.4. The van der Waals surface area contributed by atoms with E-state index in [1.807, 2.05) is 91.0 Å². The minimum absolute atomic E-state index is 0.356. The molecule has 0 bridgehead atoms. The molecular formula is C35H30O6S3. The molecule has 0 heterocycles. The van der Waals surface area contributed by atoms with Crippen LogP contribution in [0.2, 0.25) is 0 Å². The van der Waals surface area contributed by atoms with Crippen LogP contribution in [0.5, 0.6) is 23.0 Å². The zero-order chi connectivity index (χ0) is 31.3. The Hall–Kier alpha value is -4.31. The molecule has 5 aromatic rings. The van der Waals surface area contributed by atoms with Gasteiger partial charge in [-0.25, -0.2) is 0 Å². The zero-order valence-electron chi connectivity index (χ0n) is 23.5. The molecule has 9 heteroatoms. The van der Waals surface area contributed by atoms with Gasteiger partial charge in [0.25, 0.3) is 0 Å². The van der Waals surface area contributed by atoms with Gasteiger partial charge in [0.1, 0.15) is 0 Å². The van der Waals surface area contributed by atoms with Crippen LogP contribution in [-0.2, 0) is 17.3 Å². The quantitative estimate of drug-likeness (QED) is 0.120. The number of hydrogen-bond donors (Lipinski definition) is 4. The van der Waals surface area contributed by atoms with Crippen molar-refractivity contribution in [2.45, 2.75) is 31.9 Å². The molecule has 0 fully saturated rings. The van der Waals surface area contributed by atoms with Crippen LogP contribution in [0.15, 0.2) is 146 Å². The summed E-state index contributed by atoms with van der Waals surface area (Å²) in [5.41, 5.74) is 2.17. The summed E-state index contributed by atoms with van der Waals surface area (Å²) in [5, 5.41) is 39.6. The van der Waals surface area contributed by atoms with E-state index in [4.69, 9.17) is 0 Å². The fourth-order valence-corrected chi connectivity index (χ4v) is 6.56. The second kappa shape index (κ2) is 16.5. The van der Waals surface area contributed by atoms with Gasteiger partial charge in [0, 0.05) is 17.3 Å². The van der Waals surface area contributed by atoms with E-state index in [1.54, 1.807) is 18.2 Å². The van der Waals surface area contributed by atoms with E-state index in [1.165, 1.54) is 47.4 Å². The average molecular weight is 643 g/mol. The number of aromatic hydroxyl groups is 4. The molecule has 224 valence electrons. The number of thioether (sulfide) groups is 3. The first-order chi connectivity index (χ1) is 21.3. The van der Waals surface area contributed by atoms with Crippen LogP contribution >= 0.6 is 35.3 Å². The first-order valence-electron chi connectivity index (χ1n) is 13.5. The normalized spacial score (nSPS) is 10.5. The van der Waals surface area contributed by atoms with Gasteiger partial charge in [-0.2, -0.15) is 0 Å². The molecule has 0 unspecified atom stereocenters.